The number of hydrogen-bond donors (Lipinski definition) is 1. The summed E-state index contributed by atoms with van der Waals surface area (Å²) in [6, 6.07) is 0. The molecule has 1 heteroatoms. The van der Waals surface area contributed by atoms with Crippen molar-refractivity contribution in [1.29, 1.82) is 0 Å². The first kappa shape index (κ1) is 19.8. The molecule has 2 aliphatic rings. The zero-order valence-corrected chi connectivity index (χ0v) is 16.8. The quantitative estimate of drug-likeness (QED) is 0.584. The summed E-state index contributed by atoms with van der Waals surface area (Å²) in [7, 11) is 0. The monoisotopic (exact) mass is 339 g/mol. The van der Waals surface area contributed by atoms with Crippen molar-refractivity contribution in [2.75, 3.05) is 6.54 Å². The van der Waals surface area contributed by atoms with Gasteiger partial charge < -0.3 is 5.32 Å². The van der Waals surface area contributed by atoms with Crippen molar-refractivity contribution in [2.45, 2.75) is 53.4 Å². The number of rotatable bonds is 3. The van der Waals surface area contributed by atoms with Gasteiger partial charge in [-0.25, -0.2) is 0 Å². The second kappa shape index (κ2) is 8.25. The van der Waals surface area contributed by atoms with E-state index in [1.807, 2.05) is 6.08 Å². The molecule has 0 amide bonds. The minimum atomic E-state index is 0.492. The topological polar surface area (TPSA) is 12.0 Å². The van der Waals surface area contributed by atoms with Crippen molar-refractivity contribution in [3.8, 4) is 0 Å². The third kappa shape index (κ3) is 4.37. The molecule has 1 saturated carbocycles. The average Bonchev–Trinajstić information content (AvgIpc) is 2.63. The van der Waals surface area contributed by atoms with Gasteiger partial charge in [0.1, 0.15) is 0 Å². The molecule has 1 nitrogen and oxygen atoms in total. The SMILES string of the molecule is C=C/C1=C(\C)C(=C)C(=C)CC(C(=C)C2CC(C)C(C)C(C)C2)CCN1. The number of hydrogen-bond acceptors (Lipinski definition) is 1. The lowest BCUT2D eigenvalue weighted by Gasteiger charge is -2.40. The Labute approximate surface area is 155 Å². The number of allylic oxidation sites excluding steroid dienone is 5. The highest BCUT2D eigenvalue weighted by atomic mass is 14.9. The van der Waals surface area contributed by atoms with Gasteiger partial charge in [-0.3, -0.25) is 0 Å². The Bertz CT molecular complexity index is 579. The van der Waals surface area contributed by atoms with Crippen LogP contribution in [-0.2, 0) is 0 Å². The maximum absolute atomic E-state index is 4.58. The first-order valence-electron chi connectivity index (χ1n) is 9.89. The maximum atomic E-state index is 4.58. The summed E-state index contributed by atoms with van der Waals surface area (Å²) < 4.78 is 0. The molecule has 25 heavy (non-hydrogen) atoms. The standard InChI is InChI=1S/C24H37N/c1-9-24-20(7)19(6)17(4)12-22(10-11-25-24)21(8)23-13-15(2)18(5)16(3)14-23/h9,15-16,18,22-23,25H,1,4,6,8,10-14H2,2-3,5,7H3/b24-20-. The molecule has 1 aliphatic carbocycles. The number of nitrogens with one attached hydrogen (secondary N) is 1. The van der Waals surface area contributed by atoms with Crippen LogP contribution in [0, 0.1) is 29.6 Å². The second-order valence-electron chi connectivity index (χ2n) is 8.50. The third-order valence-corrected chi connectivity index (χ3v) is 6.95. The first-order valence-corrected chi connectivity index (χ1v) is 9.89. The lowest BCUT2D eigenvalue weighted by Crippen LogP contribution is -2.30. The summed E-state index contributed by atoms with van der Waals surface area (Å²) in [5.74, 6) is 3.54. The van der Waals surface area contributed by atoms with Crippen LogP contribution < -0.4 is 5.32 Å². The van der Waals surface area contributed by atoms with Gasteiger partial charge in [0.25, 0.3) is 0 Å². The molecule has 0 aromatic rings. The van der Waals surface area contributed by atoms with Crippen molar-refractivity contribution in [3.63, 3.8) is 0 Å². The first-order chi connectivity index (χ1) is 11.8. The highest BCUT2D eigenvalue weighted by Crippen LogP contribution is 2.44. The van der Waals surface area contributed by atoms with Crippen molar-refractivity contribution in [2.24, 2.45) is 29.6 Å². The molecular weight excluding hydrogens is 302 g/mol. The molecule has 0 aromatic carbocycles. The van der Waals surface area contributed by atoms with Crippen LogP contribution in [0.5, 0.6) is 0 Å². The Morgan fingerprint density at radius 3 is 2.24 bits per heavy atom. The zero-order valence-electron chi connectivity index (χ0n) is 16.8. The highest BCUT2D eigenvalue weighted by molar-refractivity contribution is 5.47. The van der Waals surface area contributed by atoms with Crippen molar-refractivity contribution >= 4 is 0 Å². The van der Waals surface area contributed by atoms with Crippen molar-refractivity contribution in [1.82, 2.24) is 5.32 Å². The summed E-state index contributed by atoms with van der Waals surface area (Å²) in [6.07, 6.45) is 6.56. The second-order valence-corrected chi connectivity index (χ2v) is 8.50. The molecule has 1 heterocycles. The Hall–Kier alpha value is -1.50. The minimum absolute atomic E-state index is 0.492. The molecule has 2 rings (SSSR count). The maximum Gasteiger partial charge on any atom is 0.0369 e. The molecule has 0 radical (unpaired) electrons. The van der Waals surface area contributed by atoms with Gasteiger partial charge in [0.15, 0.2) is 0 Å². The average molecular weight is 340 g/mol. The molecule has 0 bridgehead atoms. The van der Waals surface area contributed by atoms with Crippen LogP contribution in [0.4, 0.5) is 0 Å². The largest absolute Gasteiger partial charge is 0.385 e. The molecule has 138 valence electrons. The van der Waals surface area contributed by atoms with Gasteiger partial charge in [-0.15, -0.1) is 0 Å². The predicted octanol–water partition coefficient (Wildman–Crippen LogP) is 6.43. The molecule has 3 atom stereocenters. The van der Waals surface area contributed by atoms with Gasteiger partial charge in [-0.2, -0.15) is 0 Å². The molecule has 0 aromatic heterocycles. The van der Waals surface area contributed by atoms with Crippen LogP contribution in [0.15, 0.2) is 60.4 Å². The van der Waals surface area contributed by atoms with Gasteiger partial charge >= 0.3 is 0 Å². The lowest BCUT2D eigenvalue weighted by atomic mass is 9.66. The van der Waals surface area contributed by atoms with E-state index in [0.29, 0.717) is 11.8 Å². The Kier molecular flexibility index (Phi) is 6.54. The van der Waals surface area contributed by atoms with Crippen LogP contribution in [-0.4, -0.2) is 6.54 Å². The van der Waals surface area contributed by atoms with Crippen LogP contribution >= 0.6 is 0 Å². The third-order valence-electron chi connectivity index (χ3n) is 6.95. The fraction of sp³-hybridized carbons (Fsp3) is 0.583. The summed E-state index contributed by atoms with van der Waals surface area (Å²) in [6.45, 7) is 27.4. The molecule has 3 unspecified atom stereocenters. The molecule has 1 aliphatic heterocycles. The summed E-state index contributed by atoms with van der Waals surface area (Å²) in [4.78, 5) is 0. The van der Waals surface area contributed by atoms with E-state index >= 15 is 0 Å². The van der Waals surface area contributed by atoms with Crippen molar-refractivity contribution in [3.05, 3.63) is 60.4 Å². The predicted molar refractivity (Wildman–Crippen MR) is 111 cm³/mol. The Balaban J connectivity index is 2.15. The van der Waals surface area contributed by atoms with Gasteiger partial charge in [-0.1, -0.05) is 52.7 Å². The van der Waals surface area contributed by atoms with Gasteiger partial charge in [-0.05, 0) is 85.0 Å². The summed E-state index contributed by atoms with van der Waals surface area (Å²) in [5.41, 5.74) is 5.91. The zero-order chi connectivity index (χ0) is 18.7. The van der Waals surface area contributed by atoms with Crippen LogP contribution in [0.25, 0.3) is 0 Å². The van der Waals surface area contributed by atoms with E-state index in [9.17, 15) is 0 Å². The Morgan fingerprint density at radius 1 is 1.08 bits per heavy atom. The van der Waals surface area contributed by atoms with Crippen LogP contribution in [0.3, 0.4) is 0 Å². The van der Waals surface area contributed by atoms with Gasteiger partial charge in [0, 0.05) is 12.2 Å². The van der Waals surface area contributed by atoms with Crippen LogP contribution in [0.1, 0.15) is 53.4 Å². The molecule has 0 saturated heterocycles. The Morgan fingerprint density at radius 2 is 1.68 bits per heavy atom. The van der Waals surface area contributed by atoms with E-state index in [1.165, 1.54) is 24.0 Å². The fourth-order valence-corrected chi connectivity index (χ4v) is 4.63. The van der Waals surface area contributed by atoms with E-state index in [-0.39, 0.29) is 0 Å². The molecular formula is C24H37N. The lowest BCUT2D eigenvalue weighted by molar-refractivity contribution is 0.152. The smallest absolute Gasteiger partial charge is 0.0369 e. The molecule has 1 N–H and O–H groups in total. The highest BCUT2D eigenvalue weighted by Gasteiger charge is 2.33. The van der Waals surface area contributed by atoms with E-state index in [2.05, 4.69) is 59.3 Å². The van der Waals surface area contributed by atoms with E-state index in [4.69, 9.17) is 0 Å². The van der Waals surface area contributed by atoms with Crippen molar-refractivity contribution < 1.29 is 0 Å². The normalized spacial score (nSPS) is 37.5. The van der Waals surface area contributed by atoms with E-state index in [1.54, 1.807) is 0 Å². The van der Waals surface area contributed by atoms with E-state index in [0.717, 1.165) is 54.0 Å². The molecule has 1 fully saturated rings. The van der Waals surface area contributed by atoms with Gasteiger partial charge in [0.2, 0.25) is 0 Å². The van der Waals surface area contributed by atoms with Gasteiger partial charge in [0.05, 0.1) is 0 Å². The minimum Gasteiger partial charge on any atom is -0.385 e. The summed E-state index contributed by atoms with van der Waals surface area (Å²) >= 11 is 0. The van der Waals surface area contributed by atoms with E-state index < -0.39 is 0 Å². The molecule has 0 spiro atoms. The fourth-order valence-electron chi connectivity index (χ4n) is 4.63. The van der Waals surface area contributed by atoms with Crippen LogP contribution in [0.2, 0.25) is 0 Å². The summed E-state index contributed by atoms with van der Waals surface area (Å²) in [5, 5.41) is 3.54.